The van der Waals surface area contributed by atoms with Gasteiger partial charge in [-0.2, -0.15) is 0 Å². The molecule has 8 bridgehead atoms. The van der Waals surface area contributed by atoms with Crippen molar-refractivity contribution in [3.63, 3.8) is 0 Å². The van der Waals surface area contributed by atoms with E-state index in [0.29, 0.717) is 0 Å². The van der Waals surface area contributed by atoms with Crippen LogP contribution in [0, 0.1) is 13.8 Å². The number of nitrogens with one attached hydrogen (secondary N) is 2. The third-order valence-corrected chi connectivity index (χ3v) is 21.7. The number of hydrogen-bond donors (Lipinski definition) is 2. The van der Waals surface area contributed by atoms with Crippen LogP contribution in [-0.4, -0.2) is 19.9 Å². The topological polar surface area (TPSA) is 57.4 Å². The zero-order chi connectivity index (χ0) is 51.0. The van der Waals surface area contributed by atoms with Crippen LogP contribution in [0.2, 0.25) is 0 Å². The highest BCUT2D eigenvalue weighted by Gasteiger charge is 2.30. The van der Waals surface area contributed by atoms with Crippen LogP contribution in [0.1, 0.15) is 151 Å². The summed E-state index contributed by atoms with van der Waals surface area (Å²) in [4.78, 5) is 30.8. The second kappa shape index (κ2) is 22.2. The van der Waals surface area contributed by atoms with Crippen molar-refractivity contribution in [2.75, 3.05) is 0 Å². The summed E-state index contributed by atoms with van der Waals surface area (Å²) in [5.74, 6) is 0. The van der Waals surface area contributed by atoms with Crippen molar-refractivity contribution < 1.29 is 0 Å². The van der Waals surface area contributed by atoms with E-state index >= 15 is 0 Å². The summed E-state index contributed by atoms with van der Waals surface area (Å²) >= 11 is 11.1. The molecule has 10 heteroatoms. The molecule has 4 nitrogen and oxygen atoms in total. The van der Waals surface area contributed by atoms with Crippen molar-refractivity contribution in [2.24, 2.45) is 0 Å². The maximum absolute atomic E-state index is 5.98. The Bertz CT molecular complexity index is 3450. The van der Waals surface area contributed by atoms with E-state index in [1.54, 1.807) is 0 Å². The molecular formula is C64H66N4S6. The molecule has 9 aromatic rings. The molecule has 0 radical (unpaired) electrons. The summed E-state index contributed by atoms with van der Waals surface area (Å²) in [7, 11) is 0. The van der Waals surface area contributed by atoms with Gasteiger partial charge in [-0.15, -0.1) is 68.0 Å². The maximum atomic E-state index is 5.98. The molecule has 0 fully saturated rings. The van der Waals surface area contributed by atoms with Gasteiger partial charge in [0, 0.05) is 62.6 Å². The van der Waals surface area contributed by atoms with Crippen LogP contribution >= 0.6 is 68.0 Å². The van der Waals surface area contributed by atoms with Crippen molar-refractivity contribution in [3.8, 4) is 61.3 Å². The molecule has 0 atom stereocenters. The van der Waals surface area contributed by atoms with Crippen molar-refractivity contribution in [2.45, 2.75) is 132 Å². The highest BCUT2D eigenvalue weighted by atomic mass is 32.1. The lowest BCUT2D eigenvalue weighted by molar-refractivity contribution is 0.796. The molecule has 0 spiro atoms. The van der Waals surface area contributed by atoms with Crippen LogP contribution < -0.4 is 0 Å². The first-order valence-electron chi connectivity index (χ1n) is 26.8. The second-order valence-corrected chi connectivity index (χ2v) is 25.9. The predicted molar refractivity (Wildman–Crippen MR) is 332 cm³/mol. The van der Waals surface area contributed by atoms with Gasteiger partial charge >= 0.3 is 0 Å². The van der Waals surface area contributed by atoms with Gasteiger partial charge in [0.05, 0.1) is 43.6 Å². The third-order valence-electron chi connectivity index (χ3n) is 15.2. The Hall–Kier alpha value is -5.20. The number of rotatable bonds is 18. The van der Waals surface area contributed by atoms with Crippen molar-refractivity contribution in [1.29, 1.82) is 0 Å². The monoisotopic (exact) mass is 1080 g/mol. The number of fused-ring (bicyclic) bond motifs is 8. The van der Waals surface area contributed by atoms with Crippen LogP contribution in [0.15, 0.2) is 94.3 Å². The fourth-order valence-corrected chi connectivity index (χ4v) is 16.9. The molecule has 2 N–H and O–H groups in total. The Morgan fingerprint density at radius 1 is 0.432 bits per heavy atom. The quantitative estimate of drug-likeness (QED) is 0.0900. The lowest BCUT2D eigenvalue weighted by Crippen LogP contribution is -1.90. The maximum Gasteiger partial charge on any atom is 0.0769 e. The molecule has 11 heterocycles. The van der Waals surface area contributed by atoms with Gasteiger partial charge in [0.25, 0.3) is 0 Å². The number of thiophene rings is 6. The molecule has 378 valence electrons. The molecular weight excluding hydrogens is 1020 g/mol. The number of nitrogens with zero attached hydrogens (tertiary/aromatic N) is 2. The van der Waals surface area contributed by atoms with Gasteiger partial charge in [0.1, 0.15) is 0 Å². The van der Waals surface area contributed by atoms with Gasteiger partial charge in [-0.25, -0.2) is 9.97 Å². The van der Waals surface area contributed by atoms with E-state index in [4.69, 9.17) is 9.97 Å². The van der Waals surface area contributed by atoms with Crippen LogP contribution in [0.25, 0.3) is 106 Å². The summed E-state index contributed by atoms with van der Waals surface area (Å²) in [5, 5.41) is 8.85. The molecule has 74 heavy (non-hydrogen) atoms. The Balaban J connectivity index is 1.35. The zero-order valence-corrected chi connectivity index (χ0v) is 49.0. The fourth-order valence-electron chi connectivity index (χ4n) is 11.1. The fraction of sp³-hybridized carbons (Fsp3) is 0.312. The first kappa shape index (κ1) is 50.9. The smallest absolute Gasteiger partial charge is 0.0769 e. The van der Waals surface area contributed by atoms with Gasteiger partial charge < -0.3 is 9.97 Å². The number of aromatic amines is 2. The van der Waals surface area contributed by atoms with Gasteiger partial charge in [0.15, 0.2) is 0 Å². The summed E-state index contributed by atoms with van der Waals surface area (Å²) < 4.78 is 0. The largest absolute Gasteiger partial charge is 0.354 e. The average molecular weight is 1080 g/mol. The summed E-state index contributed by atoms with van der Waals surface area (Å²) in [5.41, 5.74) is 24.6. The van der Waals surface area contributed by atoms with Gasteiger partial charge in [-0.05, 0) is 194 Å². The molecule has 9 aromatic heterocycles. The molecule has 0 aliphatic carbocycles. The molecule has 0 aromatic carbocycles. The molecule has 0 amide bonds. The Morgan fingerprint density at radius 2 is 0.797 bits per heavy atom. The summed E-state index contributed by atoms with van der Waals surface area (Å²) in [6.45, 7) is 18.7. The average Bonchev–Trinajstić information content (AvgIpc) is 4.24. The van der Waals surface area contributed by atoms with E-state index in [0.717, 1.165) is 99.8 Å². The molecule has 0 unspecified atom stereocenters. The van der Waals surface area contributed by atoms with Gasteiger partial charge in [-0.3, -0.25) is 0 Å². The van der Waals surface area contributed by atoms with E-state index in [-0.39, 0.29) is 0 Å². The normalized spacial score (nSPS) is 12.9. The molecule has 2 aliphatic heterocycles. The summed E-state index contributed by atoms with van der Waals surface area (Å²) in [6, 6.07) is 27.7. The van der Waals surface area contributed by atoms with E-state index in [9.17, 15) is 0 Å². The molecule has 2 aliphatic rings. The lowest BCUT2D eigenvalue weighted by atomic mass is 9.93. The predicted octanol–water partition coefficient (Wildman–Crippen LogP) is 22.2. The minimum atomic E-state index is 0.971. The van der Waals surface area contributed by atoms with Gasteiger partial charge in [-0.1, -0.05) is 77.6 Å². The number of H-pyrrole nitrogens is 2. The Labute approximate surface area is 461 Å². The second-order valence-electron chi connectivity index (χ2n) is 20.0. The number of aromatic nitrogens is 4. The van der Waals surface area contributed by atoms with Gasteiger partial charge in [0.2, 0.25) is 0 Å². The van der Waals surface area contributed by atoms with Crippen LogP contribution in [-0.2, 0) is 12.8 Å². The highest BCUT2D eigenvalue weighted by molar-refractivity contribution is 7.27. The van der Waals surface area contributed by atoms with E-state index in [2.05, 4.69) is 160 Å². The van der Waals surface area contributed by atoms with Crippen LogP contribution in [0.5, 0.6) is 0 Å². The molecule has 0 saturated heterocycles. The van der Waals surface area contributed by atoms with Crippen molar-refractivity contribution >= 4 is 112 Å². The first-order chi connectivity index (χ1) is 36.2. The molecule has 11 rings (SSSR count). The zero-order valence-electron chi connectivity index (χ0n) is 44.1. The van der Waals surface area contributed by atoms with E-state index in [1.165, 1.54) is 128 Å². The molecule has 0 saturated carbocycles. The minimum Gasteiger partial charge on any atom is -0.354 e. The summed E-state index contributed by atoms with van der Waals surface area (Å²) in [6.07, 6.45) is 12.8. The van der Waals surface area contributed by atoms with Crippen LogP contribution in [0.4, 0.5) is 0 Å². The standard InChI is InChI=1S/C64H66N4S6/c1-9-13-21-41-37(5)59-57(45-33-55(51-25-17-29-69-51)73-63(45)53-27-19-31-71-53)60-39(7)43(23-15-11-3)49(67-60)36-50-44(24-16-12-4)40(8)62(68-50)58(61-38(6)42(22-14-10-2)48(66-61)35-47(41)65-59)46-34-56(52-26-18-30-70-52)74-64(46)54-28-20-32-72-54/h17-20,25-36,65,68H,9-16,21-24H2,1-8H3. The van der Waals surface area contributed by atoms with E-state index < -0.39 is 0 Å². The first-order valence-corrected chi connectivity index (χ1v) is 32.0. The highest BCUT2D eigenvalue weighted by Crippen LogP contribution is 2.53. The lowest BCUT2D eigenvalue weighted by Gasteiger charge is -2.09. The van der Waals surface area contributed by atoms with Crippen LogP contribution in [0.3, 0.4) is 0 Å². The van der Waals surface area contributed by atoms with E-state index in [1.807, 2.05) is 68.0 Å². The number of aryl methyl sites for hydroxylation is 4. The third kappa shape index (κ3) is 9.47. The Morgan fingerprint density at radius 3 is 1.15 bits per heavy atom. The van der Waals surface area contributed by atoms with Crippen molar-refractivity contribution in [3.05, 3.63) is 139 Å². The SMILES string of the molecule is CCCCC1=C(C)c2nc1cc1[nH]c(c(C)c1CCCC)c(-c1cc(-c3cccs3)sc1-c1cccs1)c1nc(cc3[nH]c(c(C)c3CCCC)c2-c2cc(-c3cccs3)sc2-c2cccs2)C(CCCC)=C1C. The number of allylic oxidation sites excluding steroid dienone is 4. The minimum absolute atomic E-state index is 0.971. The van der Waals surface area contributed by atoms with Crippen molar-refractivity contribution in [1.82, 2.24) is 19.9 Å². The Kier molecular flexibility index (Phi) is 15.3. The number of hydrogen-bond acceptors (Lipinski definition) is 8. The number of unbranched alkanes of at least 4 members (excludes halogenated alkanes) is 4.